The molecule has 376 valence electrons. The second-order valence-electron chi connectivity index (χ2n) is 19.6. The van der Waals surface area contributed by atoms with Crippen LogP contribution in [-0.4, -0.2) is 124 Å². The molecule has 1 saturated carbocycles. The Hall–Kier alpha value is -5.64. The monoisotopic (exact) mass is 1010 g/mol. The highest BCUT2D eigenvalue weighted by atomic mass is 32.1. The molecule has 2 bridgehead atoms. The molecule has 5 heterocycles. The standard InChI is InChI=1S/C49H59F3N8O8S2/c1-27-21-55-70-42(27)29-9-7-28(8-10-29)35(56-44(64)36-19-32(61)22-59(36)46(65)43(48(2,3)4)58-47(66)49(52)15-16-49)20-38(62)53-17-5-6-18-54-39(63)25-68-41-33(13-14-34(50)40(41)51)45-57-37(26-69-45)60-30-11-12-31(60)24-67-23-30/h7-10,13-14,21,26,30-32,35-36,43,61H,5-6,11-12,15-20,22-25H2,1-4H3,(H,53,62)(H,54,63)(H,56,64)(H,58,66)/t30?,31?,32-,35+,36+,43-/m1/s1. The number of morpholine rings is 1. The molecule has 3 aliphatic heterocycles. The van der Waals surface area contributed by atoms with Crippen LogP contribution >= 0.6 is 22.9 Å². The van der Waals surface area contributed by atoms with Crippen LogP contribution in [0.3, 0.4) is 0 Å². The Morgan fingerprint density at radius 1 is 0.971 bits per heavy atom. The molecule has 0 radical (unpaired) electrons. The molecule has 4 aliphatic rings. The Labute approximate surface area is 412 Å². The van der Waals surface area contributed by atoms with Crippen molar-refractivity contribution in [2.45, 2.75) is 121 Å². The molecule has 2 aromatic heterocycles. The number of benzene rings is 2. The second kappa shape index (κ2) is 21.4. The summed E-state index contributed by atoms with van der Waals surface area (Å²) in [4.78, 5) is 76.5. The number of β-amino-alcohol motifs (C(OH)–C–C–N with tert-alkyl or cyclic N) is 1. The number of aryl methyl sites for hydroxylation is 1. The third-order valence-electron chi connectivity index (χ3n) is 13.3. The van der Waals surface area contributed by atoms with Crippen molar-refractivity contribution >= 4 is 58.2 Å². The normalized spacial score (nSPS) is 21.2. The molecule has 4 fully saturated rings. The Balaban J connectivity index is 0.846. The fourth-order valence-corrected chi connectivity index (χ4v) is 10.8. The van der Waals surface area contributed by atoms with Crippen LogP contribution in [0.2, 0.25) is 0 Å². The lowest BCUT2D eigenvalue weighted by molar-refractivity contribution is -0.145. The van der Waals surface area contributed by atoms with E-state index in [4.69, 9.17) is 14.5 Å². The minimum atomic E-state index is -2.03. The van der Waals surface area contributed by atoms with E-state index in [9.17, 15) is 37.9 Å². The van der Waals surface area contributed by atoms with Crippen LogP contribution in [0.25, 0.3) is 21.0 Å². The second-order valence-corrected chi connectivity index (χ2v) is 21.3. The van der Waals surface area contributed by atoms with E-state index in [2.05, 4.69) is 30.5 Å². The number of rotatable bonds is 19. The van der Waals surface area contributed by atoms with Crippen molar-refractivity contribution in [3.63, 3.8) is 0 Å². The van der Waals surface area contributed by atoms with Crippen LogP contribution in [-0.2, 0) is 28.7 Å². The van der Waals surface area contributed by atoms with E-state index in [0.29, 0.717) is 36.6 Å². The van der Waals surface area contributed by atoms with Crippen LogP contribution in [0, 0.1) is 24.0 Å². The summed E-state index contributed by atoms with van der Waals surface area (Å²) in [6.07, 6.45) is 3.45. The van der Waals surface area contributed by atoms with Gasteiger partial charge in [-0.3, -0.25) is 24.0 Å². The number of halogens is 3. The minimum Gasteiger partial charge on any atom is -0.480 e. The van der Waals surface area contributed by atoms with Crippen LogP contribution in [0.5, 0.6) is 5.75 Å². The fourth-order valence-electron chi connectivity index (χ4n) is 9.18. The molecule has 3 saturated heterocycles. The topological polar surface area (TPSA) is 204 Å². The number of anilines is 1. The molecular weight excluding hydrogens is 950 g/mol. The highest BCUT2D eigenvalue weighted by molar-refractivity contribution is 7.13. The number of aliphatic hydroxyl groups is 1. The first-order valence-corrected chi connectivity index (χ1v) is 25.3. The minimum absolute atomic E-state index is 0.0595. The maximum absolute atomic E-state index is 15.1. The molecule has 1 aliphatic carbocycles. The summed E-state index contributed by atoms with van der Waals surface area (Å²) < 4.78 is 59.8. The highest BCUT2D eigenvalue weighted by Gasteiger charge is 2.53. The zero-order valence-corrected chi connectivity index (χ0v) is 41.2. The number of thiazole rings is 1. The van der Waals surface area contributed by atoms with Crippen molar-refractivity contribution in [1.29, 1.82) is 0 Å². The molecule has 21 heteroatoms. The van der Waals surface area contributed by atoms with Gasteiger partial charge < -0.3 is 45.6 Å². The van der Waals surface area contributed by atoms with Crippen molar-refractivity contribution < 1.29 is 51.7 Å². The van der Waals surface area contributed by atoms with E-state index in [1.807, 2.05) is 24.4 Å². The number of fused-ring (bicyclic) bond motifs is 2. The number of aliphatic hydroxyl groups excluding tert-OH is 1. The summed E-state index contributed by atoms with van der Waals surface area (Å²) in [6.45, 7) is 7.99. The molecule has 2 aromatic carbocycles. The van der Waals surface area contributed by atoms with Crippen LogP contribution in [0.15, 0.2) is 48.0 Å². The summed E-state index contributed by atoms with van der Waals surface area (Å²) in [5.74, 6) is -5.08. The molecule has 6 atom stereocenters. The van der Waals surface area contributed by atoms with Gasteiger partial charge in [0.15, 0.2) is 23.8 Å². The van der Waals surface area contributed by atoms with Gasteiger partial charge in [-0.15, -0.1) is 11.3 Å². The lowest BCUT2D eigenvalue weighted by atomic mass is 9.85. The Morgan fingerprint density at radius 2 is 1.66 bits per heavy atom. The number of ether oxygens (including phenoxy) is 2. The maximum atomic E-state index is 15.1. The number of hydrogen-bond donors (Lipinski definition) is 5. The lowest BCUT2D eigenvalue weighted by Crippen LogP contribution is -2.59. The molecular formula is C49H59F3N8O8S2. The summed E-state index contributed by atoms with van der Waals surface area (Å²) in [5.41, 5.74) is -0.163. The van der Waals surface area contributed by atoms with Gasteiger partial charge in [-0.1, -0.05) is 45.0 Å². The molecule has 16 nitrogen and oxygen atoms in total. The number of alkyl halides is 1. The number of carbonyl (C=O) groups is 5. The number of amides is 5. The third-order valence-corrected chi connectivity index (χ3v) is 15.1. The number of likely N-dealkylation sites (tertiary alicyclic amines) is 1. The zero-order valence-electron chi connectivity index (χ0n) is 39.5. The third kappa shape index (κ3) is 11.6. The smallest absolute Gasteiger partial charge is 0.258 e. The van der Waals surface area contributed by atoms with Gasteiger partial charge in [0, 0.05) is 37.6 Å². The van der Waals surface area contributed by atoms with E-state index in [0.717, 1.165) is 40.7 Å². The van der Waals surface area contributed by atoms with E-state index in [1.165, 1.54) is 33.8 Å². The van der Waals surface area contributed by atoms with Crippen LogP contribution in [0.1, 0.15) is 89.3 Å². The van der Waals surface area contributed by atoms with E-state index >= 15 is 4.39 Å². The number of hydrogen-bond acceptors (Lipinski definition) is 13. The SMILES string of the molecule is Cc1cnsc1-c1ccc([C@H](CC(=O)NCCCCNC(=O)COc2c(-c3nc(N4C5CCC4COC5)cs3)ccc(F)c2F)NC(=O)[C@@H]2C[C@@H](O)CN2C(=O)[C@@H](NC(=O)C2(F)CC2)C(C)(C)C)cc1. The van der Waals surface area contributed by atoms with Crippen molar-refractivity contribution in [3.05, 3.63) is 70.7 Å². The Kier molecular flexibility index (Phi) is 15.5. The Bertz CT molecular complexity index is 2550. The largest absolute Gasteiger partial charge is 0.480 e. The van der Waals surface area contributed by atoms with Gasteiger partial charge in [-0.05, 0) is 91.2 Å². The first-order valence-electron chi connectivity index (χ1n) is 23.7. The summed E-state index contributed by atoms with van der Waals surface area (Å²) >= 11 is 2.62. The average Bonchev–Trinajstić information content (AvgIpc) is 3.68. The fraction of sp³-hybridized carbons (Fsp3) is 0.531. The van der Waals surface area contributed by atoms with Crippen molar-refractivity contribution in [3.8, 4) is 26.8 Å². The summed E-state index contributed by atoms with van der Waals surface area (Å²) in [5, 5.41) is 24.1. The number of nitrogens with zero attached hydrogens (tertiary/aromatic N) is 4. The van der Waals surface area contributed by atoms with Crippen LogP contribution < -0.4 is 30.9 Å². The van der Waals surface area contributed by atoms with Gasteiger partial charge in [0.1, 0.15) is 22.9 Å². The number of unbranched alkanes of at least 4 members (excludes halogenated alkanes) is 1. The Morgan fingerprint density at radius 3 is 2.30 bits per heavy atom. The first-order chi connectivity index (χ1) is 33.4. The van der Waals surface area contributed by atoms with Gasteiger partial charge >= 0.3 is 0 Å². The quantitative estimate of drug-likeness (QED) is 0.0741. The van der Waals surface area contributed by atoms with Crippen molar-refractivity contribution in [2.75, 3.05) is 44.4 Å². The average molecular weight is 1010 g/mol. The molecule has 8 rings (SSSR count). The van der Waals surface area contributed by atoms with Gasteiger partial charge in [0.05, 0.1) is 54.3 Å². The summed E-state index contributed by atoms with van der Waals surface area (Å²) in [6, 6.07) is 6.95. The molecule has 0 spiro atoms. The molecule has 2 unspecified atom stereocenters. The van der Waals surface area contributed by atoms with Gasteiger partial charge in [-0.2, -0.15) is 4.39 Å². The van der Waals surface area contributed by atoms with Crippen molar-refractivity contribution in [1.82, 2.24) is 35.5 Å². The van der Waals surface area contributed by atoms with E-state index < -0.39 is 88.8 Å². The predicted molar refractivity (Wildman–Crippen MR) is 257 cm³/mol. The number of nitrogens with one attached hydrogen (secondary N) is 4. The first kappa shape index (κ1) is 50.7. The molecule has 70 heavy (non-hydrogen) atoms. The molecule has 5 N–H and O–H groups in total. The molecule has 5 amide bonds. The van der Waals surface area contributed by atoms with Crippen LogP contribution in [0.4, 0.5) is 19.0 Å². The van der Waals surface area contributed by atoms with Gasteiger partial charge in [0.25, 0.3) is 11.8 Å². The van der Waals surface area contributed by atoms with Gasteiger partial charge in [-0.25, -0.2) is 18.1 Å². The zero-order chi connectivity index (χ0) is 49.9. The van der Waals surface area contributed by atoms with E-state index in [-0.39, 0.29) is 63.0 Å². The van der Waals surface area contributed by atoms with E-state index in [1.54, 1.807) is 39.1 Å². The predicted octanol–water partition coefficient (Wildman–Crippen LogP) is 5.52. The highest BCUT2D eigenvalue weighted by Crippen LogP contribution is 2.42. The lowest BCUT2D eigenvalue weighted by Gasteiger charge is -2.36. The summed E-state index contributed by atoms with van der Waals surface area (Å²) in [7, 11) is 0. The molecule has 4 aromatic rings. The maximum Gasteiger partial charge on any atom is 0.258 e. The van der Waals surface area contributed by atoms with Gasteiger partial charge in [0.2, 0.25) is 23.5 Å². The number of carbonyl (C=O) groups excluding carboxylic acids is 5. The van der Waals surface area contributed by atoms with Crippen molar-refractivity contribution in [2.24, 2.45) is 5.41 Å². The number of aromatic nitrogens is 2.